The summed E-state index contributed by atoms with van der Waals surface area (Å²) in [5.41, 5.74) is 1.36. The van der Waals surface area contributed by atoms with Crippen molar-refractivity contribution in [1.82, 2.24) is 10.6 Å². The van der Waals surface area contributed by atoms with Gasteiger partial charge in [0, 0.05) is 17.7 Å². The van der Waals surface area contributed by atoms with Gasteiger partial charge in [-0.25, -0.2) is 0 Å². The van der Waals surface area contributed by atoms with Gasteiger partial charge in [0.05, 0.1) is 14.2 Å². The van der Waals surface area contributed by atoms with E-state index in [1.807, 2.05) is 30.5 Å². The smallest absolute Gasteiger partial charge is 0.251 e. The number of carbonyl (C=O) groups is 2. The van der Waals surface area contributed by atoms with Gasteiger partial charge < -0.3 is 20.1 Å². The summed E-state index contributed by atoms with van der Waals surface area (Å²) in [5, 5.41) is 5.73. The first-order valence-corrected chi connectivity index (χ1v) is 10.3. The predicted octanol–water partition coefficient (Wildman–Crippen LogP) is 2.87. The van der Waals surface area contributed by atoms with E-state index in [1.165, 1.54) is 0 Å². The van der Waals surface area contributed by atoms with Crippen molar-refractivity contribution in [2.75, 3.05) is 26.2 Å². The van der Waals surface area contributed by atoms with E-state index >= 15 is 0 Å². The lowest BCUT2D eigenvalue weighted by Crippen LogP contribution is -2.46. The molecule has 0 aliphatic heterocycles. The van der Waals surface area contributed by atoms with E-state index in [0.29, 0.717) is 30.0 Å². The second-order valence-electron chi connectivity index (χ2n) is 6.07. The second kappa shape index (κ2) is 11.2. The summed E-state index contributed by atoms with van der Waals surface area (Å²) in [6, 6.07) is 13.7. The topological polar surface area (TPSA) is 76.7 Å². The molecule has 0 fully saturated rings. The first kappa shape index (κ1) is 21.6. The van der Waals surface area contributed by atoms with Crippen molar-refractivity contribution < 1.29 is 19.1 Å². The summed E-state index contributed by atoms with van der Waals surface area (Å²) >= 11 is 1.63. The molecule has 28 heavy (non-hydrogen) atoms. The van der Waals surface area contributed by atoms with E-state index < -0.39 is 6.04 Å². The minimum absolute atomic E-state index is 0.221. The number of methoxy groups -OCH3 is 2. The van der Waals surface area contributed by atoms with Crippen LogP contribution < -0.4 is 20.1 Å². The highest BCUT2D eigenvalue weighted by Gasteiger charge is 2.21. The molecule has 0 radical (unpaired) electrons. The third kappa shape index (κ3) is 6.20. The first-order chi connectivity index (χ1) is 13.6. The fourth-order valence-electron chi connectivity index (χ4n) is 2.64. The van der Waals surface area contributed by atoms with E-state index in [1.54, 1.807) is 50.2 Å². The van der Waals surface area contributed by atoms with Crippen molar-refractivity contribution in [2.24, 2.45) is 0 Å². The largest absolute Gasteiger partial charge is 0.497 e. The molecular weight excluding hydrogens is 376 g/mol. The fraction of sp³-hybridized carbons (Fsp3) is 0.333. The van der Waals surface area contributed by atoms with Crippen LogP contribution in [0, 0.1) is 0 Å². The number of hydrogen-bond acceptors (Lipinski definition) is 5. The SMILES string of the molecule is COc1ccc(C(=O)N[C@H](CCSC)C(=O)NCc2ccccc2OC)cc1. The maximum Gasteiger partial charge on any atom is 0.251 e. The van der Waals surface area contributed by atoms with Crippen molar-refractivity contribution in [2.45, 2.75) is 19.0 Å². The molecule has 2 aromatic carbocycles. The molecule has 2 amide bonds. The molecule has 2 aromatic rings. The van der Waals surface area contributed by atoms with Gasteiger partial charge in [-0.05, 0) is 48.8 Å². The van der Waals surface area contributed by atoms with Crippen LogP contribution in [0.15, 0.2) is 48.5 Å². The van der Waals surface area contributed by atoms with Gasteiger partial charge in [-0.3, -0.25) is 9.59 Å². The van der Waals surface area contributed by atoms with Crippen molar-refractivity contribution in [3.63, 3.8) is 0 Å². The molecule has 1 atom stereocenters. The van der Waals surface area contributed by atoms with E-state index in [0.717, 1.165) is 11.3 Å². The van der Waals surface area contributed by atoms with Crippen molar-refractivity contribution in [3.8, 4) is 11.5 Å². The monoisotopic (exact) mass is 402 g/mol. The minimum Gasteiger partial charge on any atom is -0.497 e. The molecule has 7 heteroatoms. The standard InChI is InChI=1S/C21H26N2O4S/c1-26-17-10-8-15(9-11-17)20(24)23-18(12-13-28-3)21(25)22-14-16-6-4-5-7-19(16)27-2/h4-11,18H,12-14H2,1-3H3,(H,22,25)(H,23,24)/t18-/m1/s1. The van der Waals surface area contributed by atoms with Crippen LogP contribution in [-0.2, 0) is 11.3 Å². The number of carbonyl (C=O) groups excluding carboxylic acids is 2. The van der Waals surface area contributed by atoms with Crippen molar-refractivity contribution in [1.29, 1.82) is 0 Å². The van der Waals surface area contributed by atoms with Gasteiger partial charge in [0.15, 0.2) is 0 Å². The fourth-order valence-corrected chi connectivity index (χ4v) is 3.11. The van der Waals surface area contributed by atoms with Crippen molar-refractivity contribution in [3.05, 3.63) is 59.7 Å². The Morgan fingerprint density at radius 3 is 2.39 bits per heavy atom. The quantitative estimate of drug-likeness (QED) is 0.639. The molecule has 2 N–H and O–H groups in total. The number of nitrogens with one attached hydrogen (secondary N) is 2. The number of hydrogen-bond donors (Lipinski definition) is 2. The van der Waals surface area contributed by atoms with Crippen LogP contribution in [0.25, 0.3) is 0 Å². The Labute approximate surface area is 170 Å². The Hall–Kier alpha value is -2.67. The van der Waals surface area contributed by atoms with Gasteiger partial charge in [0.2, 0.25) is 5.91 Å². The Bertz CT molecular complexity index is 780. The molecule has 0 saturated heterocycles. The molecule has 0 unspecified atom stereocenters. The number of rotatable bonds is 10. The Balaban J connectivity index is 2.02. The van der Waals surface area contributed by atoms with Crippen molar-refractivity contribution >= 4 is 23.6 Å². The van der Waals surface area contributed by atoms with Crippen LogP contribution in [0.2, 0.25) is 0 Å². The number of benzene rings is 2. The van der Waals surface area contributed by atoms with Crippen LogP contribution in [0.4, 0.5) is 0 Å². The van der Waals surface area contributed by atoms with Crippen LogP contribution in [-0.4, -0.2) is 44.1 Å². The van der Waals surface area contributed by atoms with Gasteiger partial charge in [-0.2, -0.15) is 11.8 Å². The number of thioether (sulfide) groups is 1. The molecule has 0 heterocycles. The lowest BCUT2D eigenvalue weighted by atomic mass is 10.1. The van der Waals surface area contributed by atoms with E-state index in [4.69, 9.17) is 9.47 Å². The van der Waals surface area contributed by atoms with E-state index in [-0.39, 0.29) is 11.8 Å². The number of amides is 2. The highest BCUT2D eigenvalue weighted by molar-refractivity contribution is 7.98. The summed E-state index contributed by atoms with van der Waals surface area (Å²) in [6.07, 6.45) is 2.51. The van der Waals surface area contributed by atoms with Gasteiger partial charge in [-0.15, -0.1) is 0 Å². The van der Waals surface area contributed by atoms with E-state index in [9.17, 15) is 9.59 Å². The number of ether oxygens (including phenoxy) is 2. The molecule has 6 nitrogen and oxygen atoms in total. The van der Waals surface area contributed by atoms with Crippen LogP contribution in [0.3, 0.4) is 0 Å². The Morgan fingerprint density at radius 1 is 1.04 bits per heavy atom. The van der Waals surface area contributed by atoms with Gasteiger partial charge in [-0.1, -0.05) is 18.2 Å². The molecular formula is C21H26N2O4S. The highest BCUT2D eigenvalue weighted by atomic mass is 32.2. The predicted molar refractivity (Wildman–Crippen MR) is 112 cm³/mol. The normalized spacial score (nSPS) is 11.4. The van der Waals surface area contributed by atoms with Gasteiger partial charge in [0.1, 0.15) is 17.5 Å². The molecule has 0 bridgehead atoms. The summed E-state index contributed by atoms with van der Waals surface area (Å²) in [6.45, 7) is 0.330. The molecule has 150 valence electrons. The van der Waals surface area contributed by atoms with Crippen LogP contribution in [0.1, 0.15) is 22.3 Å². The van der Waals surface area contributed by atoms with Crippen LogP contribution in [0.5, 0.6) is 11.5 Å². The van der Waals surface area contributed by atoms with Gasteiger partial charge in [0.25, 0.3) is 5.91 Å². The molecule has 0 aliphatic rings. The zero-order valence-electron chi connectivity index (χ0n) is 16.4. The molecule has 0 aromatic heterocycles. The lowest BCUT2D eigenvalue weighted by Gasteiger charge is -2.19. The first-order valence-electron chi connectivity index (χ1n) is 8.92. The third-order valence-electron chi connectivity index (χ3n) is 4.23. The summed E-state index contributed by atoms with van der Waals surface area (Å²) in [7, 11) is 3.16. The zero-order chi connectivity index (χ0) is 20.4. The van der Waals surface area contributed by atoms with Crippen LogP contribution >= 0.6 is 11.8 Å². The molecule has 2 rings (SSSR count). The number of para-hydroxylation sites is 1. The molecule has 0 saturated carbocycles. The minimum atomic E-state index is -0.614. The highest BCUT2D eigenvalue weighted by Crippen LogP contribution is 2.17. The van der Waals surface area contributed by atoms with Gasteiger partial charge >= 0.3 is 0 Å². The zero-order valence-corrected chi connectivity index (χ0v) is 17.2. The average Bonchev–Trinajstić information content (AvgIpc) is 2.74. The average molecular weight is 403 g/mol. The second-order valence-corrected chi connectivity index (χ2v) is 7.05. The lowest BCUT2D eigenvalue weighted by molar-refractivity contribution is -0.123. The maximum atomic E-state index is 12.7. The summed E-state index contributed by atoms with van der Waals surface area (Å²) < 4.78 is 10.4. The Morgan fingerprint density at radius 2 is 1.75 bits per heavy atom. The van der Waals surface area contributed by atoms with E-state index in [2.05, 4.69) is 10.6 Å². The maximum absolute atomic E-state index is 12.7. The third-order valence-corrected chi connectivity index (χ3v) is 4.87. The molecule has 0 spiro atoms. The molecule has 0 aliphatic carbocycles. The summed E-state index contributed by atoms with van der Waals surface area (Å²) in [4.78, 5) is 25.2. The summed E-state index contributed by atoms with van der Waals surface area (Å²) in [5.74, 6) is 1.63. The Kier molecular flexibility index (Phi) is 8.68.